The van der Waals surface area contributed by atoms with Crippen LogP contribution in [-0.2, 0) is 16.0 Å². The smallest absolute Gasteiger partial charge is 0.329 e. The van der Waals surface area contributed by atoms with E-state index < -0.39 is 11.5 Å². The lowest BCUT2D eigenvalue weighted by atomic mass is 9.90. The van der Waals surface area contributed by atoms with E-state index in [1.165, 1.54) is 0 Å². The van der Waals surface area contributed by atoms with Crippen LogP contribution in [0, 0.1) is 0 Å². The molecule has 114 valence electrons. The first kappa shape index (κ1) is 15.5. The number of nitrogens with zero attached hydrogens (tertiary/aromatic N) is 2. The Morgan fingerprint density at radius 2 is 2.24 bits per heavy atom. The molecule has 1 aliphatic rings. The molecule has 0 radical (unpaired) electrons. The topological polar surface area (TPSA) is 70.5 Å². The van der Waals surface area contributed by atoms with Crippen LogP contribution in [0.3, 0.4) is 0 Å². The lowest BCUT2D eigenvalue weighted by Gasteiger charge is -2.34. The number of aryl methyl sites for hydroxylation is 1. The zero-order chi connectivity index (χ0) is 15.3. The van der Waals surface area contributed by atoms with E-state index >= 15 is 0 Å². The van der Waals surface area contributed by atoms with Crippen LogP contribution in [0.15, 0.2) is 24.4 Å². The van der Waals surface area contributed by atoms with Crippen LogP contribution in [0.5, 0.6) is 0 Å². The van der Waals surface area contributed by atoms with Crippen LogP contribution >= 0.6 is 0 Å². The van der Waals surface area contributed by atoms with Crippen molar-refractivity contribution in [1.29, 1.82) is 0 Å². The summed E-state index contributed by atoms with van der Waals surface area (Å²) in [6.45, 7) is 2.51. The quantitative estimate of drug-likeness (QED) is 0.872. The molecule has 1 aromatic heterocycles. The first-order chi connectivity index (χ1) is 10.1. The maximum Gasteiger partial charge on any atom is 0.329 e. The van der Waals surface area contributed by atoms with E-state index in [1.54, 1.807) is 11.1 Å². The lowest BCUT2D eigenvalue weighted by molar-refractivity contribution is -0.157. The molecule has 1 aliphatic heterocycles. The van der Waals surface area contributed by atoms with Gasteiger partial charge >= 0.3 is 5.97 Å². The fourth-order valence-electron chi connectivity index (χ4n) is 3.16. The lowest BCUT2D eigenvalue weighted by Crippen LogP contribution is -2.53. The van der Waals surface area contributed by atoms with Gasteiger partial charge in [-0.2, -0.15) is 0 Å². The highest BCUT2D eigenvalue weighted by Crippen LogP contribution is 2.34. The van der Waals surface area contributed by atoms with Gasteiger partial charge in [-0.05, 0) is 37.8 Å². The molecule has 1 unspecified atom stereocenters. The molecule has 1 saturated heterocycles. The van der Waals surface area contributed by atoms with Gasteiger partial charge in [-0.25, -0.2) is 4.79 Å². The predicted molar refractivity (Wildman–Crippen MR) is 78.8 cm³/mol. The first-order valence-electron chi connectivity index (χ1n) is 7.54. The summed E-state index contributed by atoms with van der Waals surface area (Å²) in [6, 6.07) is 5.61. The normalized spacial score (nSPS) is 21.5. The van der Waals surface area contributed by atoms with Crippen LogP contribution in [0.1, 0.15) is 44.7 Å². The Morgan fingerprint density at radius 3 is 2.86 bits per heavy atom. The van der Waals surface area contributed by atoms with Gasteiger partial charge in [0.05, 0.1) is 0 Å². The number of aromatic nitrogens is 1. The number of likely N-dealkylation sites (tertiary alicyclic amines) is 1. The third-order valence-corrected chi connectivity index (χ3v) is 4.17. The second kappa shape index (κ2) is 6.70. The maximum atomic E-state index is 12.4. The zero-order valence-corrected chi connectivity index (χ0v) is 12.4. The van der Waals surface area contributed by atoms with E-state index in [-0.39, 0.29) is 5.91 Å². The predicted octanol–water partition coefficient (Wildman–Crippen LogP) is 2.26. The van der Waals surface area contributed by atoms with Crippen molar-refractivity contribution in [3.8, 4) is 0 Å². The fourth-order valence-corrected chi connectivity index (χ4v) is 3.16. The van der Waals surface area contributed by atoms with Crippen LogP contribution in [0.25, 0.3) is 0 Å². The van der Waals surface area contributed by atoms with Crippen molar-refractivity contribution >= 4 is 11.9 Å². The summed E-state index contributed by atoms with van der Waals surface area (Å²) in [5, 5.41) is 9.59. The molecule has 0 saturated carbocycles. The minimum Gasteiger partial charge on any atom is -0.479 e. The number of hydrogen-bond donors (Lipinski definition) is 1. The molecule has 0 spiro atoms. The molecular weight excluding hydrogens is 268 g/mol. The first-order valence-corrected chi connectivity index (χ1v) is 7.54. The van der Waals surface area contributed by atoms with Crippen LogP contribution in [-0.4, -0.2) is 39.0 Å². The van der Waals surface area contributed by atoms with Crippen molar-refractivity contribution < 1.29 is 14.7 Å². The van der Waals surface area contributed by atoms with E-state index in [9.17, 15) is 14.7 Å². The van der Waals surface area contributed by atoms with Crippen LogP contribution in [0.2, 0.25) is 0 Å². The Morgan fingerprint density at radius 1 is 1.43 bits per heavy atom. The average molecular weight is 290 g/mol. The summed E-state index contributed by atoms with van der Waals surface area (Å²) in [4.78, 5) is 29.9. The highest BCUT2D eigenvalue weighted by molar-refractivity contribution is 5.87. The van der Waals surface area contributed by atoms with Gasteiger partial charge in [0.15, 0.2) is 0 Å². The van der Waals surface area contributed by atoms with Gasteiger partial charge < -0.3 is 10.0 Å². The van der Waals surface area contributed by atoms with Crippen molar-refractivity contribution in [1.82, 2.24) is 9.88 Å². The van der Waals surface area contributed by atoms with Crippen molar-refractivity contribution in [2.75, 3.05) is 6.54 Å². The molecule has 1 aromatic rings. The van der Waals surface area contributed by atoms with Gasteiger partial charge in [-0.3, -0.25) is 9.78 Å². The van der Waals surface area contributed by atoms with E-state index in [4.69, 9.17) is 0 Å². The largest absolute Gasteiger partial charge is 0.479 e. The van der Waals surface area contributed by atoms with Gasteiger partial charge in [0, 0.05) is 24.9 Å². The Labute approximate surface area is 125 Å². The number of carbonyl (C=O) groups excluding carboxylic acids is 1. The number of amides is 1. The van der Waals surface area contributed by atoms with E-state index in [2.05, 4.69) is 4.98 Å². The summed E-state index contributed by atoms with van der Waals surface area (Å²) < 4.78 is 0. The molecule has 1 amide bonds. The van der Waals surface area contributed by atoms with Gasteiger partial charge in [0.1, 0.15) is 5.54 Å². The van der Waals surface area contributed by atoms with E-state index in [1.807, 2.05) is 25.1 Å². The molecule has 21 heavy (non-hydrogen) atoms. The Hall–Kier alpha value is -1.91. The molecule has 2 rings (SSSR count). The highest BCUT2D eigenvalue weighted by atomic mass is 16.4. The third kappa shape index (κ3) is 3.23. The summed E-state index contributed by atoms with van der Waals surface area (Å²) in [6.07, 6.45) is 5.18. The Bertz CT molecular complexity index is 504. The van der Waals surface area contributed by atoms with Crippen molar-refractivity contribution in [3.05, 3.63) is 30.1 Å². The molecule has 0 bridgehead atoms. The van der Waals surface area contributed by atoms with Crippen molar-refractivity contribution in [2.24, 2.45) is 0 Å². The Balaban J connectivity index is 2.05. The number of carboxylic acids is 1. The average Bonchev–Trinajstić information content (AvgIpc) is 2.91. The summed E-state index contributed by atoms with van der Waals surface area (Å²) >= 11 is 0. The van der Waals surface area contributed by atoms with Crippen molar-refractivity contribution in [3.63, 3.8) is 0 Å². The van der Waals surface area contributed by atoms with Crippen LogP contribution in [0.4, 0.5) is 0 Å². The number of pyridine rings is 1. The number of hydrogen-bond acceptors (Lipinski definition) is 3. The van der Waals surface area contributed by atoms with Crippen LogP contribution < -0.4 is 0 Å². The SMILES string of the molecule is CCCC1(C(=O)O)CCCN1C(=O)CCc1ccccn1. The second-order valence-electron chi connectivity index (χ2n) is 5.56. The second-order valence-corrected chi connectivity index (χ2v) is 5.56. The standard InChI is InChI=1S/C16H22N2O3/c1-2-9-16(15(20)21)10-5-12-18(16)14(19)8-7-13-6-3-4-11-17-13/h3-4,6,11H,2,5,7-10,12H2,1H3,(H,20,21). The molecule has 1 N–H and O–H groups in total. The number of carbonyl (C=O) groups is 2. The van der Waals surface area contributed by atoms with Crippen molar-refractivity contribution in [2.45, 2.75) is 51.0 Å². The number of carboxylic acid groups (broad SMARTS) is 1. The molecule has 5 nitrogen and oxygen atoms in total. The molecule has 2 heterocycles. The summed E-state index contributed by atoms with van der Waals surface area (Å²) in [7, 11) is 0. The summed E-state index contributed by atoms with van der Waals surface area (Å²) in [5.41, 5.74) is -0.128. The Kier molecular flexibility index (Phi) is 4.94. The van der Waals surface area contributed by atoms with E-state index in [0.29, 0.717) is 32.2 Å². The van der Waals surface area contributed by atoms with Gasteiger partial charge in [-0.15, -0.1) is 0 Å². The highest BCUT2D eigenvalue weighted by Gasteiger charge is 2.48. The minimum atomic E-state index is -0.990. The monoisotopic (exact) mass is 290 g/mol. The molecule has 5 heteroatoms. The maximum absolute atomic E-state index is 12.4. The fraction of sp³-hybridized carbons (Fsp3) is 0.562. The summed E-state index contributed by atoms with van der Waals surface area (Å²) in [5.74, 6) is -0.943. The molecule has 1 atom stereocenters. The minimum absolute atomic E-state index is 0.0750. The molecule has 0 aliphatic carbocycles. The molecular formula is C16H22N2O3. The third-order valence-electron chi connectivity index (χ3n) is 4.17. The molecule has 0 aromatic carbocycles. The van der Waals surface area contributed by atoms with Gasteiger partial charge in [0.25, 0.3) is 0 Å². The zero-order valence-electron chi connectivity index (χ0n) is 12.4. The number of rotatable bonds is 6. The molecule has 1 fully saturated rings. The van der Waals surface area contributed by atoms with Gasteiger partial charge in [0.2, 0.25) is 5.91 Å². The van der Waals surface area contributed by atoms with Gasteiger partial charge in [-0.1, -0.05) is 19.4 Å². The van der Waals surface area contributed by atoms with E-state index in [0.717, 1.165) is 18.5 Å². The number of aliphatic carboxylic acids is 1.